The highest BCUT2D eigenvalue weighted by atomic mass is 35.5. The van der Waals surface area contributed by atoms with E-state index in [1.807, 2.05) is 0 Å². The monoisotopic (exact) mass is 408 g/mol. The van der Waals surface area contributed by atoms with E-state index in [-0.39, 0.29) is 17.9 Å². The van der Waals surface area contributed by atoms with Crippen molar-refractivity contribution in [3.63, 3.8) is 0 Å². The Bertz CT molecular complexity index is 796. The molecule has 0 atom stereocenters. The van der Waals surface area contributed by atoms with Crippen molar-refractivity contribution in [2.24, 2.45) is 12.0 Å². The molecule has 26 heavy (non-hydrogen) atoms. The molecule has 0 fully saturated rings. The number of ether oxygens (including phenoxy) is 1. The van der Waals surface area contributed by atoms with Crippen LogP contribution in [0.2, 0.25) is 10.2 Å². The first-order chi connectivity index (χ1) is 12.3. The molecule has 2 aromatic rings. The van der Waals surface area contributed by atoms with Crippen LogP contribution in [0.1, 0.15) is 11.3 Å². The molecule has 0 saturated carbocycles. The van der Waals surface area contributed by atoms with Crippen LogP contribution in [-0.4, -0.2) is 24.2 Å². The Morgan fingerprint density at radius 2 is 1.96 bits per heavy atom. The van der Waals surface area contributed by atoms with E-state index in [2.05, 4.69) is 20.4 Å². The second kappa shape index (κ2) is 9.05. The fourth-order valence-electron chi connectivity index (χ4n) is 2.24. The molecule has 1 aromatic carbocycles. The average molecular weight is 409 g/mol. The second-order valence-electron chi connectivity index (χ2n) is 5.21. The smallest absolute Gasteiger partial charge is 0.387 e. The molecule has 1 heterocycles. The van der Waals surface area contributed by atoms with Crippen LogP contribution < -0.4 is 15.4 Å². The molecular weight excluding hydrogens is 392 g/mol. The van der Waals surface area contributed by atoms with Crippen LogP contribution in [0.3, 0.4) is 0 Å². The zero-order chi connectivity index (χ0) is 19.3. The molecule has 0 amide bonds. The van der Waals surface area contributed by atoms with Gasteiger partial charge in [0.1, 0.15) is 16.7 Å². The number of benzene rings is 1. The Morgan fingerprint density at radius 1 is 1.27 bits per heavy atom. The first kappa shape index (κ1) is 20.3. The van der Waals surface area contributed by atoms with E-state index in [0.29, 0.717) is 22.7 Å². The molecule has 5 nitrogen and oxygen atoms in total. The van der Waals surface area contributed by atoms with Gasteiger partial charge in [0.05, 0.1) is 11.6 Å². The molecule has 2 rings (SSSR count). The van der Waals surface area contributed by atoms with Crippen LogP contribution in [0.15, 0.2) is 29.3 Å². The SMILES string of the molecule is CN=C(NCc1c(F)cccc1OC(F)F)NCc1cc(Cl)c(Cl)n1C. The highest BCUT2D eigenvalue weighted by molar-refractivity contribution is 6.41. The summed E-state index contributed by atoms with van der Waals surface area (Å²) in [6, 6.07) is 5.44. The third-order valence-electron chi connectivity index (χ3n) is 3.60. The summed E-state index contributed by atoms with van der Waals surface area (Å²) in [5.41, 5.74) is 0.774. The van der Waals surface area contributed by atoms with Crippen LogP contribution in [0.5, 0.6) is 5.75 Å². The standard InChI is InChI=1S/C16H17Cl2F3N4O/c1-22-16(23-7-9-6-11(17)14(18)25(9)2)24-8-10-12(19)4-3-5-13(10)26-15(20)21/h3-6,15H,7-8H2,1-2H3,(H2,22,23,24). The van der Waals surface area contributed by atoms with Crippen molar-refractivity contribution in [1.29, 1.82) is 0 Å². The minimum atomic E-state index is -3.04. The largest absolute Gasteiger partial charge is 0.434 e. The van der Waals surface area contributed by atoms with E-state index in [1.54, 1.807) is 17.7 Å². The zero-order valence-corrected chi connectivity index (χ0v) is 15.5. The number of hydrogen-bond donors (Lipinski definition) is 2. The number of aromatic nitrogens is 1. The minimum Gasteiger partial charge on any atom is -0.434 e. The summed E-state index contributed by atoms with van der Waals surface area (Å²) in [5.74, 6) is -0.555. The van der Waals surface area contributed by atoms with Gasteiger partial charge in [0, 0.05) is 31.9 Å². The number of nitrogens with one attached hydrogen (secondary N) is 2. The number of alkyl halides is 2. The Labute approximate surface area is 158 Å². The Kier molecular flexibility index (Phi) is 7.05. The maximum Gasteiger partial charge on any atom is 0.387 e. The molecule has 0 spiro atoms. The van der Waals surface area contributed by atoms with Crippen molar-refractivity contribution in [3.05, 3.63) is 51.5 Å². The minimum absolute atomic E-state index is 0.0271. The first-order valence-corrected chi connectivity index (χ1v) is 8.25. The topological polar surface area (TPSA) is 50.6 Å². The van der Waals surface area contributed by atoms with Crippen molar-refractivity contribution in [1.82, 2.24) is 15.2 Å². The number of rotatable bonds is 6. The highest BCUT2D eigenvalue weighted by Gasteiger charge is 2.14. The summed E-state index contributed by atoms with van der Waals surface area (Å²) in [5, 5.41) is 6.69. The maximum atomic E-state index is 13.9. The second-order valence-corrected chi connectivity index (χ2v) is 5.97. The molecule has 2 N–H and O–H groups in total. The van der Waals surface area contributed by atoms with Gasteiger partial charge in [0.15, 0.2) is 5.96 Å². The molecule has 0 saturated heterocycles. The lowest BCUT2D eigenvalue weighted by molar-refractivity contribution is -0.0506. The number of hydrogen-bond acceptors (Lipinski definition) is 2. The summed E-state index contributed by atoms with van der Waals surface area (Å²) >= 11 is 12.0. The fourth-order valence-corrected chi connectivity index (χ4v) is 2.66. The van der Waals surface area contributed by atoms with Gasteiger partial charge >= 0.3 is 6.61 Å². The lowest BCUT2D eigenvalue weighted by Gasteiger charge is -2.15. The van der Waals surface area contributed by atoms with E-state index < -0.39 is 12.4 Å². The van der Waals surface area contributed by atoms with Crippen molar-refractivity contribution >= 4 is 29.2 Å². The van der Waals surface area contributed by atoms with Crippen molar-refractivity contribution in [2.45, 2.75) is 19.7 Å². The predicted octanol–water partition coefficient (Wildman–Crippen LogP) is 3.94. The van der Waals surface area contributed by atoms with Gasteiger partial charge in [-0.25, -0.2) is 4.39 Å². The lowest BCUT2D eigenvalue weighted by atomic mass is 10.2. The maximum absolute atomic E-state index is 13.9. The van der Waals surface area contributed by atoms with E-state index >= 15 is 0 Å². The average Bonchev–Trinajstić information content (AvgIpc) is 2.83. The van der Waals surface area contributed by atoms with Crippen molar-refractivity contribution in [3.8, 4) is 5.75 Å². The molecule has 0 unspecified atom stereocenters. The van der Waals surface area contributed by atoms with Gasteiger partial charge in [-0.1, -0.05) is 29.3 Å². The summed E-state index contributed by atoms with van der Waals surface area (Å²) in [6.45, 7) is -2.79. The molecule has 0 aliphatic rings. The van der Waals surface area contributed by atoms with Gasteiger partial charge in [0.25, 0.3) is 0 Å². The molecule has 10 heteroatoms. The molecule has 0 aliphatic heterocycles. The third kappa shape index (κ3) is 4.98. The summed E-state index contributed by atoms with van der Waals surface area (Å²) in [7, 11) is 3.28. The van der Waals surface area contributed by atoms with Gasteiger partial charge in [-0.2, -0.15) is 8.78 Å². The van der Waals surface area contributed by atoms with Crippen molar-refractivity contribution in [2.75, 3.05) is 7.05 Å². The van der Waals surface area contributed by atoms with Crippen molar-refractivity contribution < 1.29 is 17.9 Å². The van der Waals surface area contributed by atoms with Crippen LogP contribution in [-0.2, 0) is 20.1 Å². The Morgan fingerprint density at radius 3 is 2.54 bits per heavy atom. The zero-order valence-electron chi connectivity index (χ0n) is 14.0. The molecule has 0 bridgehead atoms. The molecule has 0 aliphatic carbocycles. The Balaban J connectivity index is 2.02. The number of aliphatic imine (C=N–C) groups is 1. The van der Waals surface area contributed by atoms with Gasteiger partial charge < -0.3 is 19.9 Å². The molecule has 142 valence electrons. The van der Waals surface area contributed by atoms with E-state index in [1.165, 1.54) is 25.2 Å². The summed E-state index contributed by atoms with van der Waals surface area (Å²) in [4.78, 5) is 4.01. The van der Waals surface area contributed by atoms with Crippen LogP contribution in [0.4, 0.5) is 13.2 Å². The lowest BCUT2D eigenvalue weighted by Crippen LogP contribution is -2.37. The quantitative estimate of drug-likeness (QED) is 0.562. The van der Waals surface area contributed by atoms with E-state index in [9.17, 15) is 13.2 Å². The van der Waals surface area contributed by atoms with Crippen LogP contribution >= 0.6 is 23.2 Å². The predicted molar refractivity (Wildman–Crippen MR) is 95.5 cm³/mol. The Hall–Kier alpha value is -2.06. The van der Waals surface area contributed by atoms with Gasteiger partial charge in [-0.05, 0) is 18.2 Å². The van der Waals surface area contributed by atoms with Gasteiger partial charge in [-0.15, -0.1) is 0 Å². The third-order valence-corrected chi connectivity index (χ3v) is 4.44. The molecule has 0 radical (unpaired) electrons. The number of guanidine groups is 1. The number of nitrogens with zero attached hydrogens (tertiary/aromatic N) is 2. The normalized spacial score (nSPS) is 11.8. The van der Waals surface area contributed by atoms with Gasteiger partial charge in [0.2, 0.25) is 0 Å². The number of halogens is 5. The first-order valence-electron chi connectivity index (χ1n) is 7.49. The highest BCUT2D eigenvalue weighted by Crippen LogP contribution is 2.25. The van der Waals surface area contributed by atoms with E-state index in [4.69, 9.17) is 23.2 Å². The fraction of sp³-hybridized carbons (Fsp3) is 0.312. The van der Waals surface area contributed by atoms with Crippen LogP contribution in [0, 0.1) is 5.82 Å². The summed E-state index contributed by atoms with van der Waals surface area (Å²) in [6.07, 6.45) is 0. The molecular formula is C16H17Cl2F3N4O. The van der Waals surface area contributed by atoms with E-state index in [0.717, 1.165) is 5.69 Å². The molecule has 1 aromatic heterocycles. The van der Waals surface area contributed by atoms with Gasteiger partial charge in [-0.3, -0.25) is 4.99 Å². The van der Waals surface area contributed by atoms with Crippen LogP contribution in [0.25, 0.3) is 0 Å². The summed E-state index contributed by atoms with van der Waals surface area (Å²) < 4.78 is 44.9.